The van der Waals surface area contributed by atoms with E-state index in [-0.39, 0.29) is 0 Å². The monoisotopic (exact) mass is 262 g/mol. The zero-order valence-corrected chi connectivity index (χ0v) is 10.4. The second-order valence-corrected chi connectivity index (χ2v) is 4.15. The van der Waals surface area contributed by atoms with Crippen molar-refractivity contribution in [3.63, 3.8) is 0 Å². The van der Waals surface area contributed by atoms with Crippen molar-refractivity contribution in [2.24, 2.45) is 0 Å². The first-order valence-corrected chi connectivity index (χ1v) is 5.95. The maximum absolute atomic E-state index is 8.87. The van der Waals surface area contributed by atoms with E-state index in [1.807, 2.05) is 18.2 Å². The van der Waals surface area contributed by atoms with E-state index in [1.54, 1.807) is 30.5 Å². The molecule has 2 N–H and O–H groups in total. The Hall–Kier alpha value is -3.13. The van der Waals surface area contributed by atoms with E-state index >= 15 is 0 Å². The number of hydrogen-bond donors (Lipinski definition) is 1. The summed E-state index contributed by atoms with van der Waals surface area (Å²) in [6, 6.07) is 12.4. The van der Waals surface area contributed by atoms with Crippen LogP contribution >= 0.6 is 0 Å². The van der Waals surface area contributed by atoms with E-state index in [2.05, 4.69) is 9.97 Å². The molecular weight excluding hydrogens is 252 g/mol. The van der Waals surface area contributed by atoms with Crippen molar-refractivity contribution in [1.82, 2.24) is 9.97 Å². The fourth-order valence-corrected chi connectivity index (χ4v) is 1.90. The van der Waals surface area contributed by atoms with Gasteiger partial charge < -0.3 is 10.5 Å². The van der Waals surface area contributed by atoms with Crippen molar-refractivity contribution in [1.29, 1.82) is 5.26 Å². The SMILES string of the molecule is N#Cc1ccnc(Oc2ccc(N)c3cccnc23)c1. The molecule has 0 aliphatic carbocycles. The summed E-state index contributed by atoms with van der Waals surface area (Å²) in [5.41, 5.74) is 7.70. The number of nitriles is 1. The van der Waals surface area contributed by atoms with Crippen LogP contribution in [0.3, 0.4) is 0 Å². The average molecular weight is 262 g/mol. The van der Waals surface area contributed by atoms with Gasteiger partial charge in [-0.1, -0.05) is 0 Å². The maximum Gasteiger partial charge on any atom is 0.220 e. The van der Waals surface area contributed by atoms with E-state index < -0.39 is 0 Å². The molecule has 96 valence electrons. The number of pyridine rings is 2. The number of ether oxygens (including phenoxy) is 1. The lowest BCUT2D eigenvalue weighted by Gasteiger charge is -2.08. The predicted octanol–water partition coefficient (Wildman–Crippen LogP) is 2.88. The zero-order valence-electron chi connectivity index (χ0n) is 10.4. The van der Waals surface area contributed by atoms with Crippen LogP contribution in [0.2, 0.25) is 0 Å². The Kier molecular flexibility index (Phi) is 2.90. The Morgan fingerprint density at radius 3 is 2.85 bits per heavy atom. The van der Waals surface area contributed by atoms with Crippen molar-refractivity contribution in [2.75, 3.05) is 5.73 Å². The lowest BCUT2D eigenvalue weighted by molar-refractivity contribution is 0.467. The summed E-state index contributed by atoms with van der Waals surface area (Å²) < 4.78 is 5.71. The molecule has 0 aliphatic heterocycles. The van der Waals surface area contributed by atoms with Crippen LogP contribution in [0.4, 0.5) is 5.69 Å². The average Bonchev–Trinajstić information content (AvgIpc) is 2.51. The van der Waals surface area contributed by atoms with Gasteiger partial charge in [-0.15, -0.1) is 0 Å². The van der Waals surface area contributed by atoms with Crippen molar-refractivity contribution in [3.05, 3.63) is 54.4 Å². The number of nitrogens with two attached hydrogens (primary N) is 1. The molecule has 3 aromatic rings. The van der Waals surface area contributed by atoms with Crippen LogP contribution in [-0.4, -0.2) is 9.97 Å². The third-order valence-corrected chi connectivity index (χ3v) is 2.84. The number of fused-ring (bicyclic) bond motifs is 1. The first-order chi connectivity index (χ1) is 9.78. The Bertz CT molecular complexity index is 823. The van der Waals surface area contributed by atoms with Gasteiger partial charge in [-0.3, -0.25) is 4.98 Å². The molecule has 0 saturated carbocycles. The summed E-state index contributed by atoms with van der Waals surface area (Å²) in [7, 11) is 0. The molecule has 5 nitrogen and oxygen atoms in total. The molecule has 1 aromatic carbocycles. The van der Waals surface area contributed by atoms with E-state index in [1.165, 1.54) is 6.20 Å². The fourth-order valence-electron chi connectivity index (χ4n) is 1.90. The van der Waals surface area contributed by atoms with E-state index in [9.17, 15) is 0 Å². The standard InChI is InChI=1S/C15H10N4O/c16-9-10-5-7-18-14(8-10)20-13-4-3-12(17)11-2-1-6-19-15(11)13/h1-8H,17H2. The minimum absolute atomic E-state index is 0.348. The summed E-state index contributed by atoms with van der Waals surface area (Å²) in [6.07, 6.45) is 3.20. The molecule has 0 spiro atoms. The highest BCUT2D eigenvalue weighted by molar-refractivity contribution is 5.94. The number of nitrogen functional groups attached to an aromatic ring is 1. The third-order valence-electron chi connectivity index (χ3n) is 2.84. The summed E-state index contributed by atoms with van der Waals surface area (Å²) in [6.45, 7) is 0. The van der Waals surface area contributed by atoms with Gasteiger partial charge in [0.2, 0.25) is 5.88 Å². The van der Waals surface area contributed by atoms with Crippen molar-refractivity contribution in [2.45, 2.75) is 0 Å². The van der Waals surface area contributed by atoms with Gasteiger partial charge >= 0.3 is 0 Å². The minimum atomic E-state index is 0.348. The smallest absolute Gasteiger partial charge is 0.220 e. The number of anilines is 1. The first-order valence-electron chi connectivity index (χ1n) is 5.95. The molecule has 3 rings (SSSR count). The summed E-state index contributed by atoms with van der Waals surface area (Å²) >= 11 is 0. The van der Waals surface area contributed by atoms with Crippen molar-refractivity contribution in [3.8, 4) is 17.7 Å². The quantitative estimate of drug-likeness (QED) is 0.718. The van der Waals surface area contributed by atoms with Gasteiger partial charge in [-0.2, -0.15) is 5.26 Å². The molecule has 0 saturated heterocycles. The highest BCUT2D eigenvalue weighted by Crippen LogP contribution is 2.30. The molecule has 0 aliphatic rings. The number of aromatic nitrogens is 2. The van der Waals surface area contributed by atoms with Crippen LogP contribution in [0.5, 0.6) is 11.6 Å². The molecule has 0 unspecified atom stereocenters. The van der Waals surface area contributed by atoms with E-state index in [0.29, 0.717) is 28.4 Å². The second kappa shape index (κ2) is 4.86. The molecule has 20 heavy (non-hydrogen) atoms. The molecule has 0 atom stereocenters. The normalized spacial score (nSPS) is 10.2. The van der Waals surface area contributed by atoms with Crippen molar-refractivity contribution < 1.29 is 4.74 Å². The molecule has 0 amide bonds. The van der Waals surface area contributed by atoms with Gasteiger partial charge in [0.25, 0.3) is 0 Å². The number of rotatable bonds is 2. The van der Waals surface area contributed by atoms with E-state index in [0.717, 1.165) is 5.39 Å². The molecule has 0 fully saturated rings. The van der Waals surface area contributed by atoms with Gasteiger partial charge in [0.15, 0.2) is 5.75 Å². The molecule has 0 radical (unpaired) electrons. The van der Waals surface area contributed by atoms with Gasteiger partial charge in [0.1, 0.15) is 5.52 Å². The molecule has 0 bridgehead atoms. The summed E-state index contributed by atoms with van der Waals surface area (Å²) in [5.74, 6) is 0.901. The lowest BCUT2D eigenvalue weighted by atomic mass is 10.1. The van der Waals surface area contributed by atoms with Gasteiger partial charge in [0.05, 0.1) is 11.6 Å². The minimum Gasteiger partial charge on any atom is -0.437 e. The molecular formula is C15H10N4O. The molecule has 2 heterocycles. The Morgan fingerprint density at radius 1 is 1.10 bits per heavy atom. The van der Waals surface area contributed by atoms with Crippen LogP contribution < -0.4 is 10.5 Å². The summed E-state index contributed by atoms with van der Waals surface area (Å²) in [5, 5.41) is 9.69. The fraction of sp³-hybridized carbons (Fsp3) is 0. The largest absolute Gasteiger partial charge is 0.437 e. The second-order valence-electron chi connectivity index (χ2n) is 4.15. The van der Waals surface area contributed by atoms with Gasteiger partial charge in [-0.05, 0) is 30.3 Å². The van der Waals surface area contributed by atoms with Crippen LogP contribution in [-0.2, 0) is 0 Å². The Labute approximate surface area is 115 Å². The topological polar surface area (TPSA) is 84.8 Å². The van der Waals surface area contributed by atoms with Crippen molar-refractivity contribution >= 4 is 16.6 Å². The third kappa shape index (κ3) is 2.10. The number of nitrogens with zero attached hydrogens (tertiary/aromatic N) is 3. The van der Waals surface area contributed by atoms with Crippen LogP contribution in [0.15, 0.2) is 48.8 Å². The zero-order chi connectivity index (χ0) is 13.9. The highest BCUT2D eigenvalue weighted by atomic mass is 16.5. The van der Waals surface area contributed by atoms with E-state index in [4.69, 9.17) is 15.7 Å². The van der Waals surface area contributed by atoms with Gasteiger partial charge in [-0.25, -0.2) is 4.98 Å². The van der Waals surface area contributed by atoms with Crippen LogP contribution in [0.1, 0.15) is 5.56 Å². The molecule has 5 heteroatoms. The highest BCUT2D eigenvalue weighted by Gasteiger charge is 2.08. The lowest BCUT2D eigenvalue weighted by Crippen LogP contribution is -1.93. The first kappa shape index (κ1) is 11.9. The Morgan fingerprint density at radius 2 is 2.00 bits per heavy atom. The maximum atomic E-state index is 8.87. The van der Waals surface area contributed by atoms with Crippen LogP contribution in [0, 0.1) is 11.3 Å². The number of benzene rings is 1. The Balaban J connectivity index is 2.07. The summed E-state index contributed by atoms with van der Waals surface area (Å²) in [4.78, 5) is 8.36. The predicted molar refractivity (Wildman–Crippen MR) is 75.2 cm³/mol. The van der Waals surface area contributed by atoms with Crippen LogP contribution in [0.25, 0.3) is 10.9 Å². The molecule has 2 aromatic heterocycles. The van der Waals surface area contributed by atoms with Gasteiger partial charge in [0, 0.05) is 29.5 Å². The number of hydrogen-bond acceptors (Lipinski definition) is 5.